The van der Waals surface area contributed by atoms with E-state index >= 15 is 0 Å². The largest absolute Gasteiger partial charge is 0.234 e. The minimum absolute atomic E-state index is 0.00315. The van der Waals surface area contributed by atoms with Gasteiger partial charge in [0.25, 0.3) is 0 Å². The first kappa shape index (κ1) is 17.3. The fourth-order valence-electron chi connectivity index (χ4n) is 2.66. The van der Waals surface area contributed by atoms with E-state index in [1.807, 2.05) is 60.7 Å². The molecule has 2 aromatic heterocycles. The van der Waals surface area contributed by atoms with Gasteiger partial charge in [0.1, 0.15) is 33.6 Å². The molecule has 0 unspecified atom stereocenters. The van der Waals surface area contributed by atoms with Crippen LogP contribution in [0.2, 0.25) is 0 Å². The van der Waals surface area contributed by atoms with Crippen LogP contribution in [0.15, 0.2) is 36.4 Å². The summed E-state index contributed by atoms with van der Waals surface area (Å²) < 4.78 is 2.59. The van der Waals surface area contributed by atoms with Crippen LogP contribution in [0.5, 0.6) is 0 Å². The van der Waals surface area contributed by atoms with E-state index in [1.54, 1.807) is 0 Å². The third-order valence-corrected chi connectivity index (χ3v) is 6.06. The number of nitrogens with zero attached hydrogens (tertiary/aromatic N) is 6. The topological polar surface area (TPSA) is 121 Å². The van der Waals surface area contributed by atoms with E-state index in [0.717, 1.165) is 30.9 Å². The highest BCUT2D eigenvalue weighted by molar-refractivity contribution is 7.17. The smallest absolute Gasteiger partial charge is 0.165 e. The van der Waals surface area contributed by atoms with Crippen LogP contribution >= 0.6 is 22.7 Å². The Balaban J connectivity index is 2.02. The van der Waals surface area contributed by atoms with Crippen LogP contribution in [-0.2, 0) is 0 Å². The quantitative estimate of drug-likeness (QED) is 0.452. The monoisotopic (exact) mass is 394 g/mol. The Morgan fingerprint density at radius 2 is 1.04 bits per heavy atom. The molecule has 0 spiro atoms. The van der Waals surface area contributed by atoms with Gasteiger partial charge in [-0.05, 0) is 34.7 Å². The van der Waals surface area contributed by atoms with Crippen molar-refractivity contribution < 1.29 is 0 Å². The molecule has 4 aromatic rings. The normalized spacial score (nSPS) is 11.3. The average Bonchev–Trinajstić information content (AvgIpc) is 3.32. The second-order valence-electron chi connectivity index (χ2n) is 5.60. The first-order valence-corrected chi connectivity index (χ1v) is 9.46. The molecule has 6 nitrogen and oxygen atoms in total. The molecule has 8 heteroatoms. The summed E-state index contributed by atoms with van der Waals surface area (Å²) in [7, 11) is 0. The van der Waals surface area contributed by atoms with Crippen LogP contribution in [0.1, 0.15) is 0 Å². The molecule has 0 radical (unpaired) electrons. The molecule has 0 aliphatic heterocycles. The van der Waals surface area contributed by atoms with Gasteiger partial charge in [0.2, 0.25) is 0 Å². The zero-order chi connectivity index (χ0) is 19.7. The van der Waals surface area contributed by atoms with E-state index in [4.69, 9.17) is 21.0 Å². The van der Waals surface area contributed by atoms with E-state index in [0.29, 0.717) is 9.33 Å². The molecule has 0 saturated heterocycles. The number of thiazole rings is 2. The van der Waals surface area contributed by atoms with Crippen molar-refractivity contribution in [3.63, 3.8) is 0 Å². The molecule has 0 saturated carbocycles. The molecule has 128 valence electrons. The first-order chi connectivity index (χ1) is 13.7. The van der Waals surface area contributed by atoms with E-state index in [-0.39, 0.29) is 11.1 Å². The minimum Gasteiger partial charge on any atom is -0.234 e. The lowest BCUT2D eigenvalue weighted by molar-refractivity contribution is 1.39. The van der Waals surface area contributed by atoms with Crippen molar-refractivity contribution in [1.29, 1.82) is 21.0 Å². The predicted octanol–water partition coefficient (Wildman–Crippen LogP) is 2.59. The Morgan fingerprint density at radius 3 is 1.39 bits per heavy atom. The highest BCUT2D eigenvalue weighted by Gasteiger charge is 2.05. The lowest BCUT2D eigenvalue weighted by Crippen LogP contribution is -2.00. The van der Waals surface area contributed by atoms with Crippen LogP contribution in [-0.4, -0.2) is 9.97 Å². The number of hydrogen-bond donors (Lipinski definition) is 0. The van der Waals surface area contributed by atoms with Gasteiger partial charge in [-0.2, -0.15) is 21.0 Å². The van der Waals surface area contributed by atoms with Gasteiger partial charge in [-0.15, -0.1) is 22.7 Å². The van der Waals surface area contributed by atoms with Gasteiger partial charge >= 0.3 is 0 Å². The number of hydrogen-bond acceptors (Lipinski definition) is 8. The molecule has 0 bridgehead atoms. The number of aromatic nitrogens is 2. The fourth-order valence-corrected chi connectivity index (χ4v) is 4.56. The summed E-state index contributed by atoms with van der Waals surface area (Å²) in [6.45, 7) is 0. The molecule has 0 fully saturated rings. The summed E-state index contributed by atoms with van der Waals surface area (Å²) in [5.74, 6) is 0. The van der Waals surface area contributed by atoms with E-state index < -0.39 is 0 Å². The van der Waals surface area contributed by atoms with Crippen LogP contribution in [0.4, 0.5) is 0 Å². The standard InChI is InChI=1S/C20H6N6S2/c21-7-13(8-22)19-25-15-3-1-11(5-17(15)27-19)12-2-4-16-18(6-12)28-20(26-16)14(9-23)10-24/h1-6H/b12-11+. The van der Waals surface area contributed by atoms with Gasteiger partial charge in [0.05, 0.1) is 20.4 Å². The van der Waals surface area contributed by atoms with Crippen LogP contribution in [0, 0.1) is 55.8 Å². The zero-order valence-corrected chi connectivity index (χ0v) is 15.6. The van der Waals surface area contributed by atoms with E-state index in [1.165, 1.54) is 22.7 Å². The van der Waals surface area contributed by atoms with Gasteiger partial charge in [-0.3, -0.25) is 0 Å². The van der Waals surface area contributed by atoms with Crippen molar-refractivity contribution in [2.75, 3.05) is 0 Å². The highest BCUT2D eigenvalue weighted by atomic mass is 32.1. The summed E-state index contributed by atoms with van der Waals surface area (Å²) in [6.07, 6.45) is 0. The Hall–Kier alpha value is -4.08. The molecule has 0 aliphatic rings. The molecule has 0 atom stereocenters. The summed E-state index contributed by atoms with van der Waals surface area (Å²) in [5, 5.41) is 38.0. The fraction of sp³-hybridized carbons (Fsp3) is 0. The van der Waals surface area contributed by atoms with E-state index in [2.05, 4.69) is 9.97 Å². The summed E-state index contributed by atoms with van der Waals surface area (Å²) in [6, 6.07) is 19.0. The van der Waals surface area contributed by atoms with Gasteiger partial charge < -0.3 is 0 Å². The molecule has 0 N–H and O–H groups in total. The van der Waals surface area contributed by atoms with Gasteiger partial charge in [0.15, 0.2) is 11.1 Å². The maximum absolute atomic E-state index is 9.02. The number of rotatable bonds is 0. The lowest BCUT2D eigenvalue weighted by Gasteiger charge is -1.91. The predicted molar refractivity (Wildman–Crippen MR) is 105 cm³/mol. The summed E-state index contributed by atoms with van der Waals surface area (Å²) in [4.78, 5) is 8.69. The Morgan fingerprint density at radius 1 is 0.643 bits per heavy atom. The first-order valence-electron chi connectivity index (χ1n) is 7.83. The van der Waals surface area contributed by atoms with Crippen LogP contribution in [0.3, 0.4) is 0 Å². The minimum atomic E-state index is 0.00315. The van der Waals surface area contributed by atoms with Gasteiger partial charge in [-0.25, -0.2) is 9.97 Å². The highest BCUT2D eigenvalue weighted by Crippen LogP contribution is 2.18. The van der Waals surface area contributed by atoms with Crippen LogP contribution < -0.4 is 9.33 Å². The SMILES string of the molecule is N#CC(C#N)=c1nc2cc/c(=c3/ccc4nc(=C(C#N)C#N)sc4c3)cc2s1. The van der Waals surface area contributed by atoms with Gasteiger partial charge in [-0.1, -0.05) is 12.1 Å². The van der Waals surface area contributed by atoms with Crippen molar-refractivity contribution in [3.05, 3.63) is 56.2 Å². The lowest BCUT2D eigenvalue weighted by atomic mass is 10.2. The van der Waals surface area contributed by atoms with Gasteiger partial charge in [0, 0.05) is 0 Å². The van der Waals surface area contributed by atoms with E-state index in [9.17, 15) is 0 Å². The van der Waals surface area contributed by atoms with Crippen molar-refractivity contribution in [1.82, 2.24) is 9.97 Å². The molecule has 0 amide bonds. The average molecular weight is 394 g/mol. The number of benzene rings is 2. The van der Waals surface area contributed by atoms with Crippen molar-refractivity contribution in [3.8, 4) is 24.3 Å². The molecule has 2 aromatic carbocycles. The maximum Gasteiger partial charge on any atom is 0.165 e. The Bertz CT molecular complexity index is 1510. The maximum atomic E-state index is 9.02. The van der Waals surface area contributed by atoms with Crippen LogP contribution in [0.25, 0.3) is 31.6 Å². The summed E-state index contributed by atoms with van der Waals surface area (Å²) >= 11 is 2.61. The second-order valence-corrected chi connectivity index (χ2v) is 7.66. The third kappa shape index (κ3) is 2.86. The van der Waals surface area contributed by atoms with Crippen molar-refractivity contribution in [2.45, 2.75) is 0 Å². The molecular weight excluding hydrogens is 388 g/mol. The van der Waals surface area contributed by atoms with Crippen molar-refractivity contribution >= 4 is 54.3 Å². The third-order valence-electron chi connectivity index (χ3n) is 3.99. The molecule has 2 heterocycles. The molecule has 28 heavy (non-hydrogen) atoms. The number of fused-ring (bicyclic) bond motifs is 2. The molecule has 4 rings (SSSR count). The molecule has 0 aliphatic carbocycles. The zero-order valence-electron chi connectivity index (χ0n) is 14.0. The summed E-state index contributed by atoms with van der Waals surface area (Å²) in [5.41, 5.74) is 1.47. The van der Waals surface area contributed by atoms with Crippen molar-refractivity contribution in [2.24, 2.45) is 0 Å². The Labute approximate surface area is 165 Å². The Kier molecular flexibility index (Phi) is 4.28. The second kappa shape index (κ2) is 6.91. The molecular formula is C20H6N6S2. The number of nitriles is 4.